The van der Waals surface area contributed by atoms with Crippen molar-refractivity contribution < 1.29 is 5.11 Å². The summed E-state index contributed by atoms with van der Waals surface area (Å²) >= 11 is 0. The van der Waals surface area contributed by atoms with Gasteiger partial charge in [-0.05, 0) is 36.3 Å². The van der Waals surface area contributed by atoms with E-state index < -0.39 is 0 Å². The fraction of sp³-hybridized carbons (Fsp3) is 0.647. The average Bonchev–Trinajstić information content (AvgIpc) is 2.42. The Labute approximate surface area is 118 Å². The van der Waals surface area contributed by atoms with Crippen LogP contribution in [0.3, 0.4) is 0 Å². The Balaban J connectivity index is 2.47. The Morgan fingerprint density at radius 3 is 2.32 bits per heavy atom. The Kier molecular flexibility index (Phi) is 7.76. The molecule has 2 unspecified atom stereocenters. The summed E-state index contributed by atoms with van der Waals surface area (Å²) in [6.07, 6.45) is 2.03. The molecule has 0 fully saturated rings. The highest BCUT2D eigenvalue weighted by atomic mass is 16.3. The fourth-order valence-corrected chi connectivity index (χ4v) is 2.51. The van der Waals surface area contributed by atoms with E-state index in [9.17, 15) is 0 Å². The van der Waals surface area contributed by atoms with Crippen molar-refractivity contribution in [1.29, 1.82) is 0 Å². The minimum atomic E-state index is 0.298. The summed E-state index contributed by atoms with van der Waals surface area (Å²) in [5.74, 6) is 1.79. The SMILES string of the molecule is CCC(CCO)CNCC(c1ccccc1)C(C)C. The predicted octanol–water partition coefficient (Wildman–Crippen LogP) is 3.42. The van der Waals surface area contributed by atoms with Crippen LogP contribution in [-0.2, 0) is 0 Å². The van der Waals surface area contributed by atoms with Gasteiger partial charge in [0.2, 0.25) is 0 Å². The van der Waals surface area contributed by atoms with Gasteiger partial charge >= 0.3 is 0 Å². The van der Waals surface area contributed by atoms with Crippen LogP contribution in [0.2, 0.25) is 0 Å². The van der Waals surface area contributed by atoms with Crippen LogP contribution in [0.15, 0.2) is 30.3 Å². The molecule has 0 spiro atoms. The average molecular weight is 263 g/mol. The summed E-state index contributed by atoms with van der Waals surface area (Å²) < 4.78 is 0. The summed E-state index contributed by atoms with van der Waals surface area (Å²) in [6.45, 7) is 9.08. The zero-order chi connectivity index (χ0) is 14.1. The lowest BCUT2D eigenvalue weighted by molar-refractivity contribution is 0.250. The highest BCUT2D eigenvalue weighted by molar-refractivity contribution is 5.20. The molecule has 0 amide bonds. The van der Waals surface area contributed by atoms with Crippen LogP contribution in [0, 0.1) is 11.8 Å². The standard InChI is InChI=1S/C17H29NO/c1-4-15(10-11-19)12-18-13-17(14(2)3)16-8-6-5-7-9-16/h5-9,14-15,17-19H,4,10-13H2,1-3H3. The van der Waals surface area contributed by atoms with Crippen LogP contribution in [-0.4, -0.2) is 24.8 Å². The van der Waals surface area contributed by atoms with E-state index in [0.29, 0.717) is 24.4 Å². The van der Waals surface area contributed by atoms with Crippen LogP contribution in [0.5, 0.6) is 0 Å². The number of hydrogen-bond donors (Lipinski definition) is 2. The zero-order valence-corrected chi connectivity index (χ0v) is 12.6. The lowest BCUT2D eigenvalue weighted by Crippen LogP contribution is -2.29. The Morgan fingerprint density at radius 2 is 1.79 bits per heavy atom. The molecule has 2 heteroatoms. The molecule has 0 heterocycles. The lowest BCUT2D eigenvalue weighted by Gasteiger charge is -2.23. The molecule has 1 aromatic carbocycles. The minimum absolute atomic E-state index is 0.298. The molecular weight excluding hydrogens is 234 g/mol. The summed E-state index contributed by atoms with van der Waals surface area (Å²) in [7, 11) is 0. The minimum Gasteiger partial charge on any atom is -0.396 e. The maximum atomic E-state index is 9.01. The highest BCUT2D eigenvalue weighted by Crippen LogP contribution is 2.23. The predicted molar refractivity (Wildman–Crippen MR) is 82.4 cm³/mol. The third-order valence-corrected chi connectivity index (χ3v) is 3.94. The normalized spacial score (nSPS) is 14.6. The molecule has 0 aliphatic heterocycles. The van der Waals surface area contributed by atoms with Crippen molar-refractivity contribution in [2.45, 2.75) is 39.5 Å². The zero-order valence-electron chi connectivity index (χ0n) is 12.6. The van der Waals surface area contributed by atoms with Gasteiger partial charge in [0, 0.05) is 13.2 Å². The van der Waals surface area contributed by atoms with Crippen molar-refractivity contribution >= 4 is 0 Å². The molecule has 2 nitrogen and oxygen atoms in total. The van der Waals surface area contributed by atoms with Gasteiger partial charge in [-0.15, -0.1) is 0 Å². The quantitative estimate of drug-likeness (QED) is 0.715. The molecule has 2 N–H and O–H groups in total. The van der Waals surface area contributed by atoms with Crippen molar-refractivity contribution in [2.75, 3.05) is 19.7 Å². The first-order chi connectivity index (χ1) is 9.19. The van der Waals surface area contributed by atoms with E-state index in [4.69, 9.17) is 5.11 Å². The van der Waals surface area contributed by atoms with Gasteiger partial charge in [-0.1, -0.05) is 57.5 Å². The molecule has 0 aromatic heterocycles. The maximum absolute atomic E-state index is 9.01. The Hall–Kier alpha value is -0.860. The molecular formula is C17H29NO. The van der Waals surface area contributed by atoms with Gasteiger partial charge in [0.25, 0.3) is 0 Å². The molecule has 2 atom stereocenters. The largest absolute Gasteiger partial charge is 0.396 e. The second-order valence-electron chi connectivity index (χ2n) is 5.71. The molecule has 0 bridgehead atoms. The molecule has 0 saturated carbocycles. The highest BCUT2D eigenvalue weighted by Gasteiger charge is 2.15. The van der Waals surface area contributed by atoms with Gasteiger partial charge in [-0.3, -0.25) is 0 Å². The number of aliphatic hydroxyl groups is 1. The van der Waals surface area contributed by atoms with Gasteiger partial charge in [0.1, 0.15) is 0 Å². The Bertz CT molecular complexity index is 323. The molecule has 1 aromatic rings. The number of rotatable bonds is 9. The van der Waals surface area contributed by atoms with Crippen molar-refractivity contribution in [3.63, 3.8) is 0 Å². The Morgan fingerprint density at radius 1 is 1.11 bits per heavy atom. The maximum Gasteiger partial charge on any atom is 0.0434 e. The van der Waals surface area contributed by atoms with E-state index in [1.807, 2.05) is 0 Å². The molecule has 0 aliphatic carbocycles. The number of nitrogens with one attached hydrogen (secondary N) is 1. The number of benzene rings is 1. The molecule has 108 valence electrons. The van der Waals surface area contributed by atoms with E-state index in [2.05, 4.69) is 56.4 Å². The van der Waals surface area contributed by atoms with E-state index in [-0.39, 0.29) is 0 Å². The third-order valence-electron chi connectivity index (χ3n) is 3.94. The van der Waals surface area contributed by atoms with Crippen LogP contribution < -0.4 is 5.32 Å². The van der Waals surface area contributed by atoms with Gasteiger partial charge in [0.05, 0.1) is 0 Å². The first-order valence-electron chi connectivity index (χ1n) is 7.55. The molecule has 19 heavy (non-hydrogen) atoms. The van der Waals surface area contributed by atoms with Crippen molar-refractivity contribution in [1.82, 2.24) is 5.32 Å². The second kappa shape index (κ2) is 9.11. The van der Waals surface area contributed by atoms with Crippen LogP contribution in [0.4, 0.5) is 0 Å². The van der Waals surface area contributed by atoms with Crippen molar-refractivity contribution in [3.8, 4) is 0 Å². The third kappa shape index (κ3) is 5.75. The molecule has 0 aliphatic rings. The van der Waals surface area contributed by atoms with E-state index in [1.54, 1.807) is 0 Å². The monoisotopic (exact) mass is 263 g/mol. The topological polar surface area (TPSA) is 32.3 Å². The van der Waals surface area contributed by atoms with E-state index in [0.717, 1.165) is 25.9 Å². The van der Waals surface area contributed by atoms with Crippen molar-refractivity contribution in [3.05, 3.63) is 35.9 Å². The summed E-state index contributed by atoms with van der Waals surface area (Å²) in [5, 5.41) is 12.6. The van der Waals surface area contributed by atoms with Gasteiger partial charge in [-0.2, -0.15) is 0 Å². The second-order valence-corrected chi connectivity index (χ2v) is 5.71. The summed E-state index contributed by atoms with van der Waals surface area (Å²) in [5.41, 5.74) is 1.42. The van der Waals surface area contributed by atoms with Gasteiger partial charge in [-0.25, -0.2) is 0 Å². The number of aliphatic hydroxyl groups excluding tert-OH is 1. The lowest BCUT2D eigenvalue weighted by atomic mass is 9.88. The first-order valence-corrected chi connectivity index (χ1v) is 7.55. The molecule has 0 radical (unpaired) electrons. The summed E-state index contributed by atoms with van der Waals surface area (Å²) in [6, 6.07) is 10.7. The smallest absolute Gasteiger partial charge is 0.0434 e. The number of hydrogen-bond acceptors (Lipinski definition) is 2. The van der Waals surface area contributed by atoms with Crippen LogP contribution >= 0.6 is 0 Å². The van der Waals surface area contributed by atoms with E-state index >= 15 is 0 Å². The first kappa shape index (κ1) is 16.2. The fourth-order valence-electron chi connectivity index (χ4n) is 2.51. The van der Waals surface area contributed by atoms with Crippen LogP contribution in [0.1, 0.15) is 45.1 Å². The van der Waals surface area contributed by atoms with Crippen LogP contribution in [0.25, 0.3) is 0 Å². The summed E-state index contributed by atoms with van der Waals surface area (Å²) in [4.78, 5) is 0. The van der Waals surface area contributed by atoms with Crippen molar-refractivity contribution in [2.24, 2.45) is 11.8 Å². The molecule has 0 saturated heterocycles. The van der Waals surface area contributed by atoms with Gasteiger partial charge < -0.3 is 10.4 Å². The molecule has 1 rings (SSSR count). The van der Waals surface area contributed by atoms with E-state index in [1.165, 1.54) is 5.56 Å². The van der Waals surface area contributed by atoms with Gasteiger partial charge in [0.15, 0.2) is 0 Å².